The molecule has 2 amide bonds. The third kappa shape index (κ3) is 8.43. The van der Waals surface area contributed by atoms with Gasteiger partial charge in [-0.15, -0.1) is 0 Å². The summed E-state index contributed by atoms with van der Waals surface area (Å²) in [5, 5.41) is 25.3. The predicted octanol–water partition coefficient (Wildman–Crippen LogP) is 7.82. The van der Waals surface area contributed by atoms with Crippen molar-refractivity contribution in [2.24, 2.45) is 0 Å². The summed E-state index contributed by atoms with van der Waals surface area (Å²) in [6.07, 6.45) is -4.68. The van der Waals surface area contributed by atoms with E-state index in [1.54, 1.807) is 42.5 Å². The quantitative estimate of drug-likeness (QED) is 0.112. The van der Waals surface area contributed by atoms with Crippen molar-refractivity contribution in [1.29, 1.82) is 0 Å². The normalized spacial score (nSPS) is 12.5. The Hall–Kier alpha value is -5.68. The number of phenolic OH excluding ortho intramolecular Hbond substituents is 1. The lowest BCUT2D eigenvalue weighted by Gasteiger charge is -2.22. The van der Waals surface area contributed by atoms with Crippen molar-refractivity contribution in [3.05, 3.63) is 148 Å². The van der Waals surface area contributed by atoms with Gasteiger partial charge in [0.1, 0.15) is 17.6 Å². The molecule has 0 aliphatic rings. The zero-order valence-electron chi connectivity index (χ0n) is 25.3. The topological polar surface area (TPSA) is 116 Å². The molecule has 49 heavy (non-hydrogen) atoms. The third-order valence-corrected chi connectivity index (χ3v) is 7.99. The van der Waals surface area contributed by atoms with E-state index in [9.17, 15) is 42.2 Å². The number of hydrogen-bond donors (Lipinski definition) is 4. The SMILES string of the molecule is O=C(N[C@@H](Cc1ccc(-c2cccc(C(F)(F)F)c2)cc1)C(=O)NC(C(=O)O)c1ccccc1)c1cc(-c2ccc(F)c(Cl)c2)ccc1O. The first kappa shape index (κ1) is 34.6. The maximum atomic E-state index is 13.7. The largest absolute Gasteiger partial charge is 0.507 e. The summed E-state index contributed by atoms with van der Waals surface area (Å²) >= 11 is 5.92. The third-order valence-electron chi connectivity index (χ3n) is 7.70. The van der Waals surface area contributed by atoms with Gasteiger partial charge >= 0.3 is 12.1 Å². The second-order valence-corrected chi connectivity index (χ2v) is 11.5. The van der Waals surface area contributed by atoms with Crippen molar-refractivity contribution >= 4 is 29.4 Å². The van der Waals surface area contributed by atoms with Crippen molar-refractivity contribution < 1.29 is 42.2 Å². The summed E-state index contributed by atoms with van der Waals surface area (Å²) in [5.74, 6) is -4.15. The van der Waals surface area contributed by atoms with Gasteiger partial charge < -0.3 is 20.8 Å². The number of carbonyl (C=O) groups excluding carboxylic acids is 2. The van der Waals surface area contributed by atoms with E-state index >= 15 is 0 Å². The van der Waals surface area contributed by atoms with Crippen molar-refractivity contribution in [3.63, 3.8) is 0 Å². The van der Waals surface area contributed by atoms with E-state index in [4.69, 9.17) is 11.6 Å². The second kappa shape index (κ2) is 14.6. The summed E-state index contributed by atoms with van der Waals surface area (Å²) < 4.78 is 53.5. The number of rotatable bonds is 10. The molecule has 0 spiro atoms. The number of aliphatic carboxylic acids is 1. The van der Waals surface area contributed by atoms with Crippen LogP contribution in [0, 0.1) is 5.82 Å². The Balaban J connectivity index is 1.44. The summed E-state index contributed by atoms with van der Waals surface area (Å²) in [7, 11) is 0. The molecule has 0 saturated heterocycles. The van der Waals surface area contributed by atoms with Crippen LogP contribution in [0.2, 0.25) is 5.02 Å². The van der Waals surface area contributed by atoms with E-state index in [0.717, 1.165) is 18.2 Å². The molecule has 250 valence electrons. The highest BCUT2D eigenvalue weighted by atomic mass is 35.5. The van der Waals surface area contributed by atoms with Crippen LogP contribution in [0.4, 0.5) is 17.6 Å². The van der Waals surface area contributed by atoms with Gasteiger partial charge in [0.05, 0.1) is 16.1 Å². The number of nitrogens with one attached hydrogen (secondary N) is 2. The monoisotopic (exact) mass is 690 g/mol. The maximum absolute atomic E-state index is 13.7. The first-order valence-corrected chi connectivity index (χ1v) is 15.1. The van der Waals surface area contributed by atoms with Crippen molar-refractivity contribution in [3.8, 4) is 28.0 Å². The molecule has 0 fully saturated rings. The lowest BCUT2D eigenvalue weighted by atomic mass is 9.98. The predicted molar refractivity (Wildman–Crippen MR) is 175 cm³/mol. The number of halogens is 5. The average Bonchev–Trinajstić information content (AvgIpc) is 3.08. The zero-order valence-corrected chi connectivity index (χ0v) is 26.1. The lowest BCUT2D eigenvalue weighted by molar-refractivity contribution is -0.142. The van der Waals surface area contributed by atoms with E-state index < -0.39 is 53.2 Å². The minimum atomic E-state index is -4.53. The van der Waals surface area contributed by atoms with Crippen LogP contribution >= 0.6 is 11.6 Å². The number of carboxylic acids is 1. The Bertz CT molecular complexity index is 2000. The molecule has 0 heterocycles. The van der Waals surface area contributed by atoms with Crippen LogP contribution in [-0.2, 0) is 22.2 Å². The van der Waals surface area contributed by atoms with Crippen LogP contribution < -0.4 is 10.6 Å². The molecule has 4 N–H and O–H groups in total. The van der Waals surface area contributed by atoms with Gasteiger partial charge in [-0.1, -0.05) is 90.5 Å². The van der Waals surface area contributed by atoms with Crippen LogP contribution in [0.15, 0.2) is 115 Å². The molecular formula is C37H27ClF4N2O5. The molecule has 1 unspecified atom stereocenters. The molecule has 5 rings (SSSR count). The first-order chi connectivity index (χ1) is 23.3. The molecule has 0 aromatic heterocycles. The van der Waals surface area contributed by atoms with Crippen LogP contribution in [0.5, 0.6) is 5.75 Å². The number of hydrogen-bond acceptors (Lipinski definition) is 4. The Morgan fingerprint density at radius 1 is 0.735 bits per heavy atom. The standard InChI is InChI=1S/C37H27ClF4N2O5/c38-29-20-26(13-15-30(29)39)25-14-16-32(45)28(19-25)34(46)43-31(35(47)44-33(36(48)49)23-5-2-1-3-6-23)17-21-9-11-22(12-10-21)24-7-4-8-27(18-24)37(40,41)42/h1-16,18-20,31,33,45H,17H2,(H,43,46)(H,44,47)(H,48,49)/t31-,33?/m0/s1. The Kier molecular flexibility index (Phi) is 10.3. The molecule has 5 aromatic carbocycles. The summed E-state index contributed by atoms with van der Waals surface area (Å²) in [6.45, 7) is 0. The van der Waals surface area contributed by atoms with Crippen LogP contribution in [0.3, 0.4) is 0 Å². The van der Waals surface area contributed by atoms with Crippen LogP contribution in [-0.4, -0.2) is 34.0 Å². The fourth-order valence-electron chi connectivity index (χ4n) is 5.14. The van der Waals surface area contributed by atoms with Crippen molar-refractivity contribution in [2.45, 2.75) is 24.7 Å². The van der Waals surface area contributed by atoms with E-state index in [-0.39, 0.29) is 22.6 Å². The van der Waals surface area contributed by atoms with Gasteiger partial charge in [0.15, 0.2) is 6.04 Å². The average molecular weight is 691 g/mol. The molecule has 0 saturated carbocycles. The first-order valence-electron chi connectivity index (χ1n) is 14.7. The molecule has 2 atom stereocenters. The fraction of sp³-hybridized carbons (Fsp3) is 0.108. The van der Waals surface area contributed by atoms with Gasteiger partial charge in [-0.25, -0.2) is 9.18 Å². The zero-order chi connectivity index (χ0) is 35.3. The minimum Gasteiger partial charge on any atom is -0.507 e. The van der Waals surface area contributed by atoms with E-state index in [1.165, 1.54) is 54.6 Å². The number of aromatic hydroxyl groups is 1. The van der Waals surface area contributed by atoms with E-state index in [2.05, 4.69) is 10.6 Å². The van der Waals surface area contributed by atoms with Gasteiger partial charge in [0.25, 0.3) is 5.91 Å². The van der Waals surface area contributed by atoms with E-state index in [1.807, 2.05) is 0 Å². The number of benzene rings is 5. The van der Waals surface area contributed by atoms with E-state index in [0.29, 0.717) is 27.8 Å². The molecule has 5 aromatic rings. The molecule has 0 bridgehead atoms. The highest BCUT2D eigenvalue weighted by molar-refractivity contribution is 6.31. The number of carboxylic acid groups (broad SMARTS) is 1. The highest BCUT2D eigenvalue weighted by Gasteiger charge is 2.31. The number of carbonyl (C=O) groups is 3. The van der Waals surface area contributed by atoms with Crippen molar-refractivity contribution in [1.82, 2.24) is 10.6 Å². The summed E-state index contributed by atoms with van der Waals surface area (Å²) in [4.78, 5) is 39.4. The minimum absolute atomic E-state index is 0.154. The smallest absolute Gasteiger partial charge is 0.416 e. The number of phenols is 1. The maximum Gasteiger partial charge on any atom is 0.416 e. The molecular weight excluding hydrogens is 664 g/mol. The lowest BCUT2D eigenvalue weighted by Crippen LogP contribution is -2.50. The number of alkyl halides is 3. The number of amides is 2. The van der Waals surface area contributed by atoms with Gasteiger partial charge in [-0.2, -0.15) is 13.2 Å². The molecule has 0 radical (unpaired) electrons. The molecule has 0 aliphatic heterocycles. The van der Waals surface area contributed by atoms with Gasteiger partial charge in [0, 0.05) is 6.42 Å². The molecule has 7 nitrogen and oxygen atoms in total. The highest BCUT2D eigenvalue weighted by Crippen LogP contribution is 2.33. The Morgan fingerprint density at radius 3 is 2.02 bits per heavy atom. The summed E-state index contributed by atoms with van der Waals surface area (Å²) in [5.41, 5.74) is 1.37. The second-order valence-electron chi connectivity index (χ2n) is 11.1. The Labute approximate surface area is 282 Å². The Morgan fingerprint density at radius 2 is 1.37 bits per heavy atom. The van der Waals surface area contributed by atoms with Crippen molar-refractivity contribution in [2.75, 3.05) is 0 Å². The molecule has 0 aliphatic carbocycles. The summed E-state index contributed by atoms with van der Waals surface area (Å²) in [6, 6.07) is 24.2. The van der Waals surface area contributed by atoms with Gasteiger partial charge in [0.2, 0.25) is 5.91 Å². The fourth-order valence-corrected chi connectivity index (χ4v) is 5.32. The van der Waals surface area contributed by atoms with Gasteiger partial charge in [-0.3, -0.25) is 9.59 Å². The van der Waals surface area contributed by atoms with Crippen LogP contribution in [0.25, 0.3) is 22.3 Å². The van der Waals surface area contributed by atoms with Gasteiger partial charge in [-0.05, 0) is 69.8 Å². The molecule has 12 heteroatoms. The van der Waals surface area contributed by atoms with Crippen LogP contribution in [0.1, 0.15) is 33.1 Å².